The van der Waals surface area contributed by atoms with Crippen LogP contribution < -0.4 is 10.6 Å². The van der Waals surface area contributed by atoms with E-state index in [1.54, 1.807) is 12.1 Å². The highest BCUT2D eigenvalue weighted by Crippen LogP contribution is 2.28. The monoisotopic (exact) mass is 249 g/mol. The Kier molecular flexibility index (Phi) is 3.81. The highest BCUT2D eigenvalue weighted by molar-refractivity contribution is 5.56. The fraction of sp³-hybridized carbons (Fsp3) is 0.538. The molecule has 1 fully saturated rings. The number of rotatable bonds is 3. The number of non-ortho nitro benzene ring substituents is 1. The number of hydrogen-bond donors (Lipinski definition) is 1. The van der Waals surface area contributed by atoms with Gasteiger partial charge in [-0.2, -0.15) is 0 Å². The van der Waals surface area contributed by atoms with E-state index in [-0.39, 0.29) is 10.6 Å². The molecule has 1 aromatic carbocycles. The standard InChI is InChI=1S/C13H19N3O2/c1-10-6-12(8-13(7-10)16(17)18)15-5-3-2-4-11(15)9-14/h6-8,11H,2-5,9,14H2,1H3. The second-order valence-corrected chi connectivity index (χ2v) is 4.86. The van der Waals surface area contributed by atoms with E-state index in [0.29, 0.717) is 12.6 Å². The van der Waals surface area contributed by atoms with Crippen LogP contribution in [0.1, 0.15) is 24.8 Å². The van der Waals surface area contributed by atoms with Crippen LogP contribution in [-0.2, 0) is 0 Å². The predicted octanol–water partition coefficient (Wildman–Crippen LogP) is 2.22. The molecule has 5 nitrogen and oxygen atoms in total. The van der Waals surface area contributed by atoms with Crippen molar-refractivity contribution in [1.82, 2.24) is 0 Å². The summed E-state index contributed by atoms with van der Waals surface area (Å²) >= 11 is 0. The van der Waals surface area contributed by atoms with Crippen molar-refractivity contribution in [2.24, 2.45) is 5.73 Å². The Balaban J connectivity index is 2.33. The number of aryl methyl sites for hydroxylation is 1. The van der Waals surface area contributed by atoms with Crippen molar-refractivity contribution in [3.63, 3.8) is 0 Å². The maximum Gasteiger partial charge on any atom is 0.271 e. The molecule has 2 N–H and O–H groups in total. The molecule has 0 amide bonds. The van der Waals surface area contributed by atoms with E-state index in [2.05, 4.69) is 4.90 Å². The molecule has 1 aromatic rings. The molecule has 0 bridgehead atoms. The first-order valence-electron chi connectivity index (χ1n) is 6.34. The Morgan fingerprint density at radius 2 is 2.22 bits per heavy atom. The van der Waals surface area contributed by atoms with E-state index >= 15 is 0 Å². The zero-order valence-electron chi connectivity index (χ0n) is 10.6. The number of hydrogen-bond acceptors (Lipinski definition) is 4. The molecule has 0 saturated carbocycles. The minimum atomic E-state index is -0.335. The van der Waals surface area contributed by atoms with Crippen LogP contribution in [-0.4, -0.2) is 24.1 Å². The molecular formula is C13H19N3O2. The second kappa shape index (κ2) is 5.35. The van der Waals surface area contributed by atoms with Gasteiger partial charge in [-0.3, -0.25) is 10.1 Å². The number of piperidine rings is 1. The third-order valence-corrected chi connectivity index (χ3v) is 3.49. The number of nitro groups is 1. The number of benzene rings is 1. The van der Waals surface area contributed by atoms with Gasteiger partial charge in [0.25, 0.3) is 5.69 Å². The molecule has 0 aliphatic carbocycles. The number of anilines is 1. The Labute approximate surface area is 107 Å². The minimum absolute atomic E-state index is 0.159. The van der Waals surface area contributed by atoms with Crippen LogP contribution >= 0.6 is 0 Å². The van der Waals surface area contributed by atoms with Gasteiger partial charge in [-0.25, -0.2) is 0 Å². The van der Waals surface area contributed by atoms with E-state index < -0.39 is 0 Å². The summed E-state index contributed by atoms with van der Waals surface area (Å²) in [5.41, 5.74) is 7.79. The van der Waals surface area contributed by atoms with Crippen molar-refractivity contribution in [2.75, 3.05) is 18.0 Å². The third-order valence-electron chi connectivity index (χ3n) is 3.49. The van der Waals surface area contributed by atoms with Crippen molar-refractivity contribution in [1.29, 1.82) is 0 Å². The summed E-state index contributed by atoms with van der Waals surface area (Å²) in [5.74, 6) is 0. The molecule has 1 heterocycles. The summed E-state index contributed by atoms with van der Waals surface area (Å²) in [4.78, 5) is 12.8. The lowest BCUT2D eigenvalue weighted by Gasteiger charge is -2.37. The van der Waals surface area contributed by atoms with Gasteiger partial charge in [0.15, 0.2) is 0 Å². The fourth-order valence-electron chi connectivity index (χ4n) is 2.60. The largest absolute Gasteiger partial charge is 0.367 e. The summed E-state index contributed by atoms with van der Waals surface area (Å²) in [6.07, 6.45) is 3.38. The Hall–Kier alpha value is -1.62. The summed E-state index contributed by atoms with van der Waals surface area (Å²) in [6.45, 7) is 3.42. The summed E-state index contributed by atoms with van der Waals surface area (Å²) < 4.78 is 0. The molecule has 0 aromatic heterocycles. The fourth-order valence-corrected chi connectivity index (χ4v) is 2.60. The maximum atomic E-state index is 10.9. The summed E-state index contributed by atoms with van der Waals surface area (Å²) in [7, 11) is 0. The lowest BCUT2D eigenvalue weighted by molar-refractivity contribution is -0.384. The smallest absolute Gasteiger partial charge is 0.271 e. The first-order valence-corrected chi connectivity index (χ1v) is 6.34. The average Bonchev–Trinajstić information content (AvgIpc) is 2.38. The molecule has 1 saturated heterocycles. The molecule has 98 valence electrons. The molecule has 2 rings (SSSR count). The van der Waals surface area contributed by atoms with Gasteiger partial charge in [-0.1, -0.05) is 0 Å². The first kappa shape index (κ1) is 12.8. The number of nitrogens with two attached hydrogens (primary N) is 1. The van der Waals surface area contributed by atoms with E-state index in [1.807, 2.05) is 13.0 Å². The van der Waals surface area contributed by atoms with Gasteiger partial charge < -0.3 is 10.6 Å². The van der Waals surface area contributed by atoms with Crippen molar-refractivity contribution in [2.45, 2.75) is 32.2 Å². The number of nitrogens with zero attached hydrogens (tertiary/aromatic N) is 2. The minimum Gasteiger partial charge on any atom is -0.367 e. The lowest BCUT2D eigenvalue weighted by atomic mass is 10.0. The Bertz CT molecular complexity index is 448. The number of nitro benzene ring substituents is 1. The van der Waals surface area contributed by atoms with Crippen LogP contribution in [0.3, 0.4) is 0 Å². The van der Waals surface area contributed by atoms with Crippen LogP contribution in [0.5, 0.6) is 0 Å². The van der Waals surface area contributed by atoms with Crippen LogP contribution in [0.25, 0.3) is 0 Å². The van der Waals surface area contributed by atoms with Gasteiger partial charge in [-0.15, -0.1) is 0 Å². The molecule has 5 heteroatoms. The normalized spacial score (nSPS) is 19.9. The first-order chi connectivity index (χ1) is 8.61. The molecule has 0 spiro atoms. The molecule has 0 radical (unpaired) electrons. The van der Waals surface area contributed by atoms with Crippen LogP contribution in [0.2, 0.25) is 0 Å². The van der Waals surface area contributed by atoms with Crippen molar-refractivity contribution in [3.8, 4) is 0 Å². The Morgan fingerprint density at radius 1 is 1.44 bits per heavy atom. The van der Waals surface area contributed by atoms with Crippen LogP contribution in [0.15, 0.2) is 18.2 Å². The van der Waals surface area contributed by atoms with Gasteiger partial charge in [0.05, 0.1) is 4.92 Å². The third kappa shape index (κ3) is 2.61. The topological polar surface area (TPSA) is 72.4 Å². The van der Waals surface area contributed by atoms with Crippen molar-refractivity contribution in [3.05, 3.63) is 33.9 Å². The Morgan fingerprint density at radius 3 is 2.89 bits per heavy atom. The molecule has 1 aliphatic rings. The molecule has 18 heavy (non-hydrogen) atoms. The molecule has 1 atom stereocenters. The van der Waals surface area contributed by atoms with E-state index in [1.165, 1.54) is 6.42 Å². The molecule has 1 unspecified atom stereocenters. The SMILES string of the molecule is Cc1cc(N2CCCCC2CN)cc([N+](=O)[O-])c1. The quantitative estimate of drug-likeness (QED) is 0.658. The van der Waals surface area contributed by atoms with Gasteiger partial charge in [-0.05, 0) is 37.8 Å². The maximum absolute atomic E-state index is 10.9. The van der Waals surface area contributed by atoms with Crippen molar-refractivity contribution >= 4 is 11.4 Å². The predicted molar refractivity (Wildman–Crippen MR) is 71.9 cm³/mol. The highest BCUT2D eigenvalue weighted by Gasteiger charge is 2.23. The van der Waals surface area contributed by atoms with Gasteiger partial charge in [0.2, 0.25) is 0 Å². The molecular weight excluding hydrogens is 230 g/mol. The van der Waals surface area contributed by atoms with E-state index in [9.17, 15) is 10.1 Å². The van der Waals surface area contributed by atoms with Crippen LogP contribution in [0, 0.1) is 17.0 Å². The second-order valence-electron chi connectivity index (χ2n) is 4.86. The van der Waals surface area contributed by atoms with Gasteiger partial charge >= 0.3 is 0 Å². The van der Waals surface area contributed by atoms with Gasteiger partial charge in [0, 0.05) is 37.0 Å². The zero-order chi connectivity index (χ0) is 13.1. The zero-order valence-corrected chi connectivity index (χ0v) is 10.6. The van der Waals surface area contributed by atoms with E-state index in [4.69, 9.17) is 5.73 Å². The van der Waals surface area contributed by atoms with E-state index in [0.717, 1.165) is 30.6 Å². The molecule has 1 aliphatic heterocycles. The summed E-state index contributed by atoms with van der Waals surface area (Å²) in [5, 5.41) is 10.9. The lowest BCUT2D eigenvalue weighted by Crippen LogP contribution is -2.44. The van der Waals surface area contributed by atoms with Gasteiger partial charge in [0.1, 0.15) is 0 Å². The highest BCUT2D eigenvalue weighted by atomic mass is 16.6. The summed E-state index contributed by atoms with van der Waals surface area (Å²) in [6, 6.07) is 5.56. The average molecular weight is 249 g/mol. The van der Waals surface area contributed by atoms with Crippen molar-refractivity contribution < 1.29 is 4.92 Å². The van der Waals surface area contributed by atoms with Crippen LogP contribution in [0.4, 0.5) is 11.4 Å².